The number of hydrogen-bond acceptors (Lipinski definition) is 4. The Hall–Kier alpha value is -2.93. The van der Waals surface area contributed by atoms with Crippen LogP contribution in [0, 0.1) is 6.92 Å². The molecule has 1 aromatic heterocycles. The largest absolute Gasteiger partial charge is 0.321 e. The fourth-order valence-electron chi connectivity index (χ4n) is 2.20. The fourth-order valence-corrected chi connectivity index (χ4v) is 2.99. The molecule has 0 spiro atoms. The van der Waals surface area contributed by atoms with Crippen LogP contribution < -0.4 is 10.4 Å². The molecule has 122 valence electrons. The Morgan fingerprint density at radius 1 is 1.08 bits per heavy atom. The fraction of sp³-hybridized carbons (Fsp3) is 0.0588. The van der Waals surface area contributed by atoms with E-state index in [0.717, 1.165) is 10.9 Å². The number of aromatic amines is 1. The number of benzene rings is 2. The quantitative estimate of drug-likeness (QED) is 0.563. The highest BCUT2D eigenvalue weighted by Gasteiger charge is 2.11. The highest BCUT2D eigenvalue weighted by atomic mass is 32.2. The van der Waals surface area contributed by atoms with Crippen LogP contribution in [0.1, 0.15) is 11.1 Å². The first-order chi connectivity index (χ1) is 11.5. The molecule has 0 atom stereocenters. The van der Waals surface area contributed by atoms with Crippen LogP contribution in [0.3, 0.4) is 0 Å². The Labute approximate surface area is 138 Å². The standard InChI is InChI=1S/C17H15N3O3S/c1-12-6-8-15(9-7-12)24(22,23)20-18-11-14-10-13-4-2-3-5-16(13)19-17(14)21/h2-11,20H,1H3,(H,19,21). The van der Waals surface area contributed by atoms with Crippen molar-refractivity contribution in [2.75, 3.05) is 0 Å². The number of aromatic nitrogens is 1. The maximum absolute atomic E-state index is 12.1. The second kappa shape index (κ2) is 6.29. The molecule has 3 aromatic rings. The van der Waals surface area contributed by atoms with Crippen LogP contribution >= 0.6 is 0 Å². The number of fused-ring (bicyclic) bond motifs is 1. The number of sulfonamides is 1. The van der Waals surface area contributed by atoms with Gasteiger partial charge in [-0.15, -0.1) is 0 Å². The molecule has 0 saturated heterocycles. The van der Waals surface area contributed by atoms with E-state index in [1.165, 1.54) is 18.3 Å². The third-order valence-corrected chi connectivity index (χ3v) is 4.73. The molecule has 2 aromatic carbocycles. The lowest BCUT2D eigenvalue weighted by Gasteiger charge is -2.03. The molecule has 0 bridgehead atoms. The van der Waals surface area contributed by atoms with E-state index in [1.54, 1.807) is 24.3 Å². The second-order valence-electron chi connectivity index (χ2n) is 5.31. The summed E-state index contributed by atoms with van der Waals surface area (Å²) in [7, 11) is -3.76. The van der Waals surface area contributed by atoms with Gasteiger partial charge in [0.05, 0.1) is 16.7 Å². The minimum atomic E-state index is -3.76. The highest BCUT2D eigenvalue weighted by Crippen LogP contribution is 2.10. The predicted molar refractivity (Wildman–Crippen MR) is 93.7 cm³/mol. The van der Waals surface area contributed by atoms with Gasteiger partial charge in [-0.25, -0.2) is 4.83 Å². The molecule has 0 amide bonds. The molecule has 6 nitrogen and oxygen atoms in total. The first kappa shape index (κ1) is 15.9. The van der Waals surface area contributed by atoms with E-state index in [-0.39, 0.29) is 16.0 Å². The van der Waals surface area contributed by atoms with Crippen molar-refractivity contribution in [3.05, 3.63) is 76.1 Å². The Bertz CT molecular complexity index is 1070. The minimum absolute atomic E-state index is 0.109. The van der Waals surface area contributed by atoms with Crippen LogP contribution in [0.25, 0.3) is 10.9 Å². The maximum atomic E-state index is 12.1. The monoisotopic (exact) mass is 341 g/mol. The van der Waals surface area contributed by atoms with E-state index in [2.05, 4.69) is 14.9 Å². The van der Waals surface area contributed by atoms with Crippen molar-refractivity contribution in [2.45, 2.75) is 11.8 Å². The smallest absolute Gasteiger partial charge is 0.276 e. The molecular weight excluding hydrogens is 326 g/mol. The van der Waals surface area contributed by atoms with Crippen molar-refractivity contribution in [3.63, 3.8) is 0 Å². The van der Waals surface area contributed by atoms with Gasteiger partial charge in [-0.3, -0.25) is 4.79 Å². The Morgan fingerprint density at radius 2 is 1.79 bits per heavy atom. The topological polar surface area (TPSA) is 91.4 Å². The number of pyridine rings is 1. The van der Waals surface area contributed by atoms with E-state index in [9.17, 15) is 13.2 Å². The van der Waals surface area contributed by atoms with Crippen molar-refractivity contribution < 1.29 is 8.42 Å². The molecular formula is C17H15N3O3S. The van der Waals surface area contributed by atoms with Crippen molar-refractivity contribution in [1.82, 2.24) is 9.82 Å². The van der Waals surface area contributed by atoms with Crippen LogP contribution in [0.2, 0.25) is 0 Å². The number of hydrazone groups is 1. The molecule has 0 radical (unpaired) electrons. The Kier molecular flexibility index (Phi) is 4.18. The van der Waals surface area contributed by atoms with Crippen LogP contribution in [-0.4, -0.2) is 19.6 Å². The highest BCUT2D eigenvalue weighted by molar-refractivity contribution is 7.89. The molecule has 0 aliphatic carbocycles. The van der Waals surface area contributed by atoms with Crippen LogP contribution in [-0.2, 0) is 10.0 Å². The average molecular weight is 341 g/mol. The summed E-state index contributed by atoms with van der Waals surface area (Å²) in [5.74, 6) is 0. The van der Waals surface area contributed by atoms with Crippen molar-refractivity contribution >= 4 is 27.1 Å². The molecule has 24 heavy (non-hydrogen) atoms. The summed E-state index contributed by atoms with van der Waals surface area (Å²) in [6.45, 7) is 1.87. The van der Waals surface area contributed by atoms with E-state index >= 15 is 0 Å². The third-order valence-electron chi connectivity index (χ3n) is 3.49. The van der Waals surface area contributed by atoms with Gasteiger partial charge in [0, 0.05) is 5.52 Å². The molecule has 7 heteroatoms. The van der Waals surface area contributed by atoms with Gasteiger partial charge < -0.3 is 4.98 Å². The average Bonchev–Trinajstić information content (AvgIpc) is 2.55. The van der Waals surface area contributed by atoms with Crippen molar-refractivity contribution in [2.24, 2.45) is 5.10 Å². The maximum Gasteiger partial charge on any atom is 0.276 e. The summed E-state index contributed by atoms with van der Waals surface area (Å²) >= 11 is 0. The number of para-hydroxylation sites is 1. The van der Waals surface area contributed by atoms with Gasteiger partial charge in [0.1, 0.15) is 0 Å². The molecule has 3 rings (SSSR count). The lowest BCUT2D eigenvalue weighted by molar-refractivity contribution is 0.584. The predicted octanol–water partition coefficient (Wildman–Crippen LogP) is 2.15. The summed E-state index contributed by atoms with van der Waals surface area (Å²) in [6, 6.07) is 15.3. The second-order valence-corrected chi connectivity index (χ2v) is 6.97. The molecule has 0 aliphatic heterocycles. The lowest BCUT2D eigenvalue weighted by atomic mass is 10.2. The zero-order chi connectivity index (χ0) is 17.2. The summed E-state index contributed by atoms with van der Waals surface area (Å²) in [5.41, 5.74) is 1.59. The van der Waals surface area contributed by atoms with E-state index in [1.807, 2.05) is 25.1 Å². The number of hydrogen-bond donors (Lipinski definition) is 2. The van der Waals surface area contributed by atoms with Gasteiger partial charge in [-0.1, -0.05) is 35.9 Å². The number of aryl methyl sites for hydroxylation is 1. The first-order valence-corrected chi connectivity index (χ1v) is 8.68. The summed E-state index contributed by atoms with van der Waals surface area (Å²) in [5, 5.41) is 4.53. The molecule has 2 N–H and O–H groups in total. The first-order valence-electron chi connectivity index (χ1n) is 7.19. The molecule has 1 heterocycles. The zero-order valence-corrected chi connectivity index (χ0v) is 13.7. The van der Waals surface area contributed by atoms with Crippen LogP contribution in [0.15, 0.2) is 69.4 Å². The molecule has 0 fully saturated rings. The normalized spacial score (nSPS) is 11.9. The van der Waals surface area contributed by atoms with Gasteiger partial charge >= 0.3 is 0 Å². The SMILES string of the molecule is Cc1ccc(S(=O)(=O)NN=Cc2cc3ccccc3[nH]c2=O)cc1. The number of nitrogens with one attached hydrogen (secondary N) is 2. The van der Waals surface area contributed by atoms with Gasteiger partial charge in [0.25, 0.3) is 15.6 Å². The molecule has 0 unspecified atom stereocenters. The van der Waals surface area contributed by atoms with Crippen LogP contribution in [0.5, 0.6) is 0 Å². The Morgan fingerprint density at radius 3 is 2.54 bits per heavy atom. The minimum Gasteiger partial charge on any atom is -0.321 e. The molecule has 0 aliphatic rings. The van der Waals surface area contributed by atoms with E-state index < -0.39 is 10.0 Å². The molecule has 0 saturated carbocycles. The third kappa shape index (κ3) is 3.36. The van der Waals surface area contributed by atoms with Crippen molar-refractivity contribution in [3.8, 4) is 0 Å². The lowest BCUT2D eigenvalue weighted by Crippen LogP contribution is -2.19. The summed E-state index contributed by atoms with van der Waals surface area (Å²) in [6.07, 6.45) is 1.19. The van der Waals surface area contributed by atoms with Gasteiger partial charge in [0.2, 0.25) is 0 Å². The summed E-state index contributed by atoms with van der Waals surface area (Å²) in [4.78, 5) is 16.9. The van der Waals surface area contributed by atoms with Gasteiger partial charge in [0.15, 0.2) is 0 Å². The number of rotatable bonds is 4. The number of nitrogens with zero attached hydrogens (tertiary/aromatic N) is 1. The van der Waals surface area contributed by atoms with E-state index in [0.29, 0.717) is 5.52 Å². The van der Waals surface area contributed by atoms with Crippen LogP contribution in [0.4, 0.5) is 0 Å². The number of H-pyrrole nitrogens is 1. The van der Waals surface area contributed by atoms with E-state index in [4.69, 9.17) is 0 Å². The summed E-state index contributed by atoms with van der Waals surface area (Å²) < 4.78 is 24.2. The van der Waals surface area contributed by atoms with Gasteiger partial charge in [-0.2, -0.15) is 13.5 Å². The van der Waals surface area contributed by atoms with Gasteiger partial charge in [-0.05, 0) is 36.6 Å². The zero-order valence-electron chi connectivity index (χ0n) is 12.9. The Balaban J connectivity index is 1.85. The van der Waals surface area contributed by atoms with Crippen molar-refractivity contribution in [1.29, 1.82) is 0 Å².